The van der Waals surface area contributed by atoms with Gasteiger partial charge in [0.25, 0.3) is 0 Å². The molecule has 0 bridgehead atoms. The number of oxazole rings is 1. The largest absolute Gasteiger partial charge is 0.440 e. The van der Waals surface area contributed by atoms with E-state index < -0.39 is 11.7 Å². The summed E-state index contributed by atoms with van der Waals surface area (Å²) in [5, 5.41) is 19.5. The molecular weight excluding hydrogens is 371 g/mol. The van der Waals surface area contributed by atoms with Crippen molar-refractivity contribution in [2.75, 3.05) is 0 Å². The second-order valence-corrected chi connectivity index (χ2v) is 6.78. The molecule has 1 aliphatic carbocycles. The van der Waals surface area contributed by atoms with Crippen LogP contribution in [0, 0.1) is 11.3 Å². The molecule has 4 rings (SSSR count). The van der Waals surface area contributed by atoms with Crippen LogP contribution in [0.15, 0.2) is 28.7 Å². The molecule has 1 saturated carbocycles. The van der Waals surface area contributed by atoms with Crippen LogP contribution in [0.25, 0.3) is 22.8 Å². The topological polar surface area (TPSA) is 91.4 Å². The number of hydrogen-bond acceptors (Lipinski definition) is 5. The molecule has 0 radical (unpaired) electrons. The Morgan fingerprint density at radius 1 is 1.11 bits per heavy atom. The lowest BCUT2D eigenvalue weighted by Crippen LogP contribution is -2.05. The van der Waals surface area contributed by atoms with E-state index in [0.29, 0.717) is 11.5 Å². The normalized spacial score (nSPS) is 15.5. The molecule has 2 aromatic heterocycles. The minimum Gasteiger partial charge on any atom is -0.440 e. The maximum absolute atomic E-state index is 13.1. The van der Waals surface area contributed by atoms with Gasteiger partial charge in [0.05, 0.1) is 5.56 Å². The van der Waals surface area contributed by atoms with Gasteiger partial charge in [0.15, 0.2) is 11.4 Å². The molecule has 0 atom stereocenters. The average molecular weight is 387 g/mol. The number of benzene rings is 1. The van der Waals surface area contributed by atoms with Gasteiger partial charge >= 0.3 is 6.18 Å². The van der Waals surface area contributed by atoms with Crippen molar-refractivity contribution >= 4 is 0 Å². The van der Waals surface area contributed by atoms with Crippen molar-refractivity contribution < 1.29 is 17.6 Å². The van der Waals surface area contributed by atoms with E-state index in [9.17, 15) is 18.4 Å². The quantitative estimate of drug-likeness (QED) is 0.678. The summed E-state index contributed by atoms with van der Waals surface area (Å²) in [6.45, 7) is 0. The smallest absolute Gasteiger partial charge is 0.416 e. The third-order valence-electron chi connectivity index (χ3n) is 4.94. The molecule has 1 aromatic carbocycles. The number of nitrogens with zero attached hydrogens (tertiary/aromatic N) is 4. The van der Waals surface area contributed by atoms with Crippen LogP contribution in [0.5, 0.6) is 0 Å². The Kier molecular flexibility index (Phi) is 4.63. The van der Waals surface area contributed by atoms with E-state index in [-0.39, 0.29) is 28.8 Å². The Bertz CT molecular complexity index is 1020. The number of nitriles is 1. The second-order valence-electron chi connectivity index (χ2n) is 6.78. The lowest BCUT2D eigenvalue weighted by atomic mass is 9.86. The Labute approximate surface area is 158 Å². The van der Waals surface area contributed by atoms with Gasteiger partial charge in [0.2, 0.25) is 5.89 Å². The van der Waals surface area contributed by atoms with Crippen molar-refractivity contribution in [2.45, 2.75) is 44.2 Å². The summed E-state index contributed by atoms with van der Waals surface area (Å²) in [6.07, 6.45) is 0.529. The van der Waals surface area contributed by atoms with E-state index >= 15 is 0 Å². The number of rotatable bonds is 3. The first kappa shape index (κ1) is 18.2. The molecule has 2 heterocycles. The zero-order valence-corrected chi connectivity index (χ0v) is 14.8. The summed E-state index contributed by atoms with van der Waals surface area (Å²) in [5.74, 6) is 0.713. The molecule has 0 unspecified atom stereocenters. The van der Waals surface area contributed by atoms with Gasteiger partial charge in [-0.15, -0.1) is 5.10 Å². The molecule has 1 N–H and O–H groups in total. The first-order valence-electron chi connectivity index (χ1n) is 8.97. The van der Waals surface area contributed by atoms with Gasteiger partial charge in [-0.25, -0.2) is 4.98 Å². The van der Waals surface area contributed by atoms with Gasteiger partial charge in [0, 0.05) is 11.5 Å². The van der Waals surface area contributed by atoms with Gasteiger partial charge in [-0.3, -0.25) is 0 Å². The molecule has 28 heavy (non-hydrogen) atoms. The lowest BCUT2D eigenvalue weighted by molar-refractivity contribution is -0.137. The number of hydrogen-bond donors (Lipinski definition) is 1. The fraction of sp³-hybridized carbons (Fsp3) is 0.368. The minimum atomic E-state index is -4.46. The van der Waals surface area contributed by atoms with Gasteiger partial charge in [-0.2, -0.15) is 28.7 Å². The third kappa shape index (κ3) is 3.38. The van der Waals surface area contributed by atoms with Crippen molar-refractivity contribution in [3.05, 3.63) is 41.3 Å². The molecule has 144 valence electrons. The summed E-state index contributed by atoms with van der Waals surface area (Å²) < 4.78 is 45.2. The predicted molar refractivity (Wildman–Crippen MR) is 92.9 cm³/mol. The molecule has 0 saturated heterocycles. The van der Waals surface area contributed by atoms with Gasteiger partial charge in [-0.1, -0.05) is 25.3 Å². The molecule has 6 nitrogen and oxygen atoms in total. The zero-order valence-electron chi connectivity index (χ0n) is 14.8. The summed E-state index contributed by atoms with van der Waals surface area (Å²) in [5.41, 5.74) is 0.138. The highest BCUT2D eigenvalue weighted by Crippen LogP contribution is 2.41. The number of H-pyrrole nitrogens is 1. The fourth-order valence-electron chi connectivity index (χ4n) is 3.57. The van der Waals surface area contributed by atoms with Crippen molar-refractivity contribution in [3.63, 3.8) is 0 Å². The Morgan fingerprint density at radius 3 is 2.61 bits per heavy atom. The number of aromatic amines is 1. The maximum Gasteiger partial charge on any atom is 0.416 e. The van der Waals surface area contributed by atoms with Crippen LogP contribution >= 0.6 is 0 Å². The van der Waals surface area contributed by atoms with Crippen molar-refractivity contribution in [1.29, 1.82) is 5.26 Å². The summed E-state index contributed by atoms with van der Waals surface area (Å²) in [6, 6.07) is 6.79. The van der Waals surface area contributed by atoms with E-state index in [1.54, 1.807) is 0 Å². The monoisotopic (exact) mass is 387 g/mol. The van der Waals surface area contributed by atoms with Crippen molar-refractivity contribution in [2.24, 2.45) is 0 Å². The first-order valence-corrected chi connectivity index (χ1v) is 8.97. The second kappa shape index (κ2) is 7.11. The number of alkyl halides is 3. The number of halogens is 3. The van der Waals surface area contributed by atoms with E-state index in [4.69, 9.17) is 4.42 Å². The van der Waals surface area contributed by atoms with E-state index in [1.165, 1.54) is 12.1 Å². The van der Waals surface area contributed by atoms with Gasteiger partial charge in [-0.05, 0) is 31.0 Å². The number of aromatic nitrogens is 4. The van der Waals surface area contributed by atoms with Crippen LogP contribution in [0.4, 0.5) is 13.2 Å². The van der Waals surface area contributed by atoms with Crippen molar-refractivity contribution in [3.8, 4) is 28.9 Å². The lowest BCUT2D eigenvalue weighted by Gasteiger charge is -2.19. The molecule has 9 heteroatoms. The Morgan fingerprint density at radius 2 is 1.89 bits per heavy atom. The summed E-state index contributed by atoms with van der Waals surface area (Å²) in [4.78, 5) is 4.42. The minimum absolute atomic E-state index is 0.0703. The van der Waals surface area contributed by atoms with Gasteiger partial charge in [0.1, 0.15) is 17.5 Å². The Hall–Kier alpha value is -3.15. The van der Waals surface area contributed by atoms with Crippen LogP contribution in [0.2, 0.25) is 0 Å². The van der Waals surface area contributed by atoms with Crippen LogP contribution in [0.1, 0.15) is 55.0 Å². The highest BCUT2D eigenvalue weighted by atomic mass is 19.4. The van der Waals surface area contributed by atoms with Crippen LogP contribution < -0.4 is 0 Å². The molecule has 0 spiro atoms. The zero-order chi connectivity index (χ0) is 19.7. The summed E-state index contributed by atoms with van der Waals surface area (Å²) in [7, 11) is 0. The van der Waals surface area contributed by atoms with Crippen LogP contribution in [-0.2, 0) is 6.18 Å². The first-order chi connectivity index (χ1) is 13.5. The molecule has 1 aliphatic rings. The van der Waals surface area contributed by atoms with E-state index in [1.807, 2.05) is 6.07 Å². The predicted octanol–water partition coefficient (Wildman–Crippen LogP) is 5.06. The number of nitrogens with one attached hydrogen (secondary N) is 1. The van der Waals surface area contributed by atoms with Crippen LogP contribution in [0.3, 0.4) is 0 Å². The van der Waals surface area contributed by atoms with Crippen molar-refractivity contribution in [1.82, 2.24) is 20.4 Å². The molecule has 1 fully saturated rings. The highest BCUT2D eigenvalue weighted by molar-refractivity contribution is 5.67. The summed E-state index contributed by atoms with van der Waals surface area (Å²) >= 11 is 0. The molecular formula is C19H16F3N5O. The molecule has 0 aliphatic heterocycles. The standard InChI is InChI=1S/C19H16F3N5O/c20-19(21,22)13-8-4-7-12(9-13)18-24-16(15-14(10-23)25-27-26-15)17(28-18)11-5-2-1-3-6-11/h4,7-9,11H,1-3,5-6H2,(H,25,26,27). The van der Waals surface area contributed by atoms with Crippen LogP contribution in [-0.4, -0.2) is 20.4 Å². The molecule has 3 aromatic rings. The maximum atomic E-state index is 13.1. The fourth-order valence-corrected chi connectivity index (χ4v) is 3.57. The van der Waals surface area contributed by atoms with E-state index in [2.05, 4.69) is 20.4 Å². The molecule has 0 amide bonds. The van der Waals surface area contributed by atoms with Gasteiger partial charge < -0.3 is 4.42 Å². The SMILES string of the molecule is N#Cc1n[nH]nc1-c1nc(-c2cccc(C(F)(F)F)c2)oc1C1CCCCC1. The average Bonchev–Trinajstić information content (AvgIpc) is 3.34. The highest BCUT2D eigenvalue weighted by Gasteiger charge is 2.32. The van der Waals surface area contributed by atoms with E-state index in [0.717, 1.165) is 44.2 Å². The third-order valence-corrected chi connectivity index (χ3v) is 4.94. The Balaban J connectivity index is 1.83.